The largest absolute Gasteiger partial charge is 0.488 e. The molecule has 4 aromatic rings. The van der Waals surface area contributed by atoms with Gasteiger partial charge in [-0.3, -0.25) is 9.69 Å². The molecule has 0 aliphatic carbocycles. The van der Waals surface area contributed by atoms with E-state index < -0.39 is 0 Å². The summed E-state index contributed by atoms with van der Waals surface area (Å²) in [5.41, 5.74) is 3.83. The van der Waals surface area contributed by atoms with Crippen LogP contribution in [-0.2, 0) is 13.2 Å². The van der Waals surface area contributed by atoms with E-state index >= 15 is 0 Å². The average Bonchev–Trinajstić information content (AvgIpc) is 2.95. The van der Waals surface area contributed by atoms with Crippen LogP contribution in [0.3, 0.4) is 0 Å². The minimum atomic E-state index is -0.0744. The molecule has 1 aliphatic heterocycles. The summed E-state index contributed by atoms with van der Waals surface area (Å²) in [6.45, 7) is 6.96. The van der Waals surface area contributed by atoms with Crippen LogP contribution >= 0.6 is 15.9 Å². The molecule has 0 N–H and O–H groups in total. The van der Waals surface area contributed by atoms with Crippen molar-refractivity contribution in [2.45, 2.75) is 77.6 Å². The number of aryl methyl sites for hydroxylation is 1. The smallest absolute Gasteiger partial charge is 0.277 e. The Kier molecular flexibility index (Phi) is 9.15. The molecule has 5 rings (SSSR count). The lowest BCUT2D eigenvalue weighted by Crippen LogP contribution is -2.44. The van der Waals surface area contributed by atoms with Gasteiger partial charge in [-0.2, -0.15) is 0 Å². The number of ether oxygens (including phenoxy) is 1. The number of halogens is 1. The molecule has 1 saturated heterocycles. The predicted molar refractivity (Wildman–Crippen MR) is 163 cm³/mol. The molecule has 5 nitrogen and oxygen atoms in total. The van der Waals surface area contributed by atoms with Crippen LogP contribution < -0.4 is 10.3 Å². The van der Waals surface area contributed by atoms with Crippen LogP contribution in [0.5, 0.6) is 5.75 Å². The van der Waals surface area contributed by atoms with Crippen LogP contribution in [0.15, 0.2) is 82.1 Å². The minimum absolute atomic E-state index is 0.0744. The highest BCUT2D eigenvalue weighted by atomic mass is 79.9. The molecule has 0 unspecified atom stereocenters. The van der Waals surface area contributed by atoms with E-state index in [1.165, 1.54) is 19.3 Å². The first-order chi connectivity index (χ1) is 19.0. The maximum absolute atomic E-state index is 13.9. The van der Waals surface area contributed by atoms with Crippen molar-refractivity contribution < 1.29 is 4.74 Å². The van der Waals surface area contributed by atoms with E-state index in [1.807, 2.05) is 77.4 Å². The lowest BCUT2D eigenvalue weighted by Gasteiger charge is -2.39. The van der Waals surface area contributed by atoms with Crippen LogP contribution in [0, 0.1) is 0 Å². The number of likely N-dealkylation sites (tertiary alicyclic amines) is 1. The van der Waals surface area contributed by atoms with Gasteiger partial charge in [0.1, 0.15) is 18.1 Å². The third-order valence-corrected chi connectivity index (χ3v) is 8.45. The fourth-order valence-electron chi connectivity index (χ4n) is 5.79. The number of piperidine rings is 1. The molecule has 0 amide bonds. The molecular weight excluding hydrogens is 550 g/mol. The summed E-state index contributed by atoms with van der Waals surface area (Å²) in [6.07, 6.45) is 7.16. The van der Waals surface area contributed by atoms with E-state index in [4.69, 9.17) is 9.72 Å². The number of nitrogens with zero attached hydrogens (tertiary/aromatic N) is 3. The first kappa shape index (κ1) is 27.6. The van der Waals surface area contributed by atoms with Gasteiger partial charge in [0, 0.05) is 28.7 Å². The number of fused-ring (bicyclic) bond motifs is 1. The quantitative estimate of drug-likeness (QED) is 0.177. The van der Waals surface area contributed by atoms with Gasteiger partial charge < -0.3 is 9.30 Å². The van der Waals surface area contributed by atoms with Crippen LogP contribution in [0.1, 0.15) is 57.9 Å². The van der Waals surface area contributed by atoms with E-state index in [0.717, 1.165) is 46.9 Å². The predicted octanol–water partition coefficient (Wildman–Crippen LogP) is 7.84. The monoisotopic (exact) mass is 587 g/mol. The summed E-state index contributed by atoms with van der Waals surface area (Å²) in [4.78, 5) is 21.4. The second-order valence-corrected chi connectivity index (χ2v) is 11.7. The standard InChI is InChI=1S/C33H38BrN3O2/c1-24-12-11-13-25(2)36(24)20-9-4-10-21-37-30-17-8-7-16-29(30)35-32(33(37)38)28-22-27(34)18-19-31(28)39-23-26-14-5-3-6-15-26/h3,5-8,14-19,22,24-25H,4,9-13,20-21,23H2,1-2H3/t24-,25+. The number of para-hydroxylation sites is 2. The first-order valence-electron chi connectivity index (χ1n) is 14.2. The van der Waals surface area contributed by atoms with E-state index in [0.29, 0.717) is 42.2 Å². The second-order valence-electron chi connectivity index (χ2n) is 10.7. The van der Waals surface area contributed by atoms with Crippen molar-refractivity contribution in [2.75, 3.05) is 6.54 Å². The van der Waals surface area contributed by atoms with Crippen molar-refractivity contribution in [2.24, 2.45) is 0 Å². The number of aromatic nitrogens is 2. The average molecular weight is 589 g/mol. The topological polar surface area (TPSA) is 47.4 Å². The maximum atomic E-state index is 13.9. The Morgan fingerprint density at radius 2 is 1.62 bits per heavy atom. The van der Waals surface area contributed by atoms with Crippen molar-refractivity contribution in [3.8, 4) is 17.0 Å². The number of unbranched alkanes of at least 4 members (excludes halogenated alkanes) is 2. The summed E-state index contributed by atoms with van der Waals surface area (Å²) in [6, 6.07) is 25.1. The van der Waals surface area contributed by atoms with Gasteiger partial charge in [-0.05, 0) is 82.0 Å². The normalized spacial score (nSPS) is 17.9. The molecule has 3 aromatic carbocycles. The molecule has 1 aliphatic rings. The molecule has 6 heteroatoms. The van der Waals surface area contributed by atoms with Crippen LogP contribution in [0.25, 0.3) is 22.3 Å². The molecule has 2 heterocycles. The van der Waals surface area contributed by atoms with Crippen LogP contribution in [0.4, 0.5) is 0 Å². The minimum Gasteiger partial charge on any atom is -0.488 e. The fraction of sp³-hybridized carbons (Fsp3) is 0.394. The highest BCUT2D eigenvalue weighted by Crippen LogP contribution is 2.32. The van der Waals surface area contributed by atoms with Gasteiger partial charge in [0.25, 0.3) is 5.56 Å². The van der Waals surface area contributed by atoms with Gasteiger partial charge in [-0.1, -0.05) is 71.2 Å². The van der Waals surface area contributed by atoms with Gasteiger partial charge in [-0.15, -0.1) is 0 Å². The summed E-state index contributed by atoms with van der Waals surface area (Å²) >= 11 is 3.59. The molecule has 0 radical (unpaired) electrons. The molecule has 204 valence electrons. The zero-order valence-corrected chi connectivity index (χ0v) is 24.6. The number of benzene rings is 3. The van der Waals surface area contributed by atoms with Gasteiger partial charge in [0.15, 0.2) is 0 Å². The van der Waals surface area contributed by atoms with Gasteiger partial charge in [0.05, 0.1) is 11.0 Å². The molecule has 1 aromatic heterocycles. The Hall–Kier alpha value is -2.96. The lowest BCUT2D eigenvalue weighted by molar-refractivity contribution is 0.101. The summed E-state index contributed by atoms with van der Waals surface area (Å²) in [5, 5.41) is 0. The van der Waals surface area contributed by atoms with E-state index in [2.05, 4.69) is 34.7 Å². The SMILES string of the molecule is C[C@@H]1CCC[C@H](C)N1CCCCCn1c(=O)c(-c2cc(Br)ccc2OCc2ccccc2)nc2ccccc21. The zero-order chi connectivity index (χ0) is 27.2. The third-order valence-electron chi connectivity index (χ3n) is 7.96. The van der Waals surface area contributed by atoms with Gasteiger partial charge in [0.2, 0.25) is 0 Å². The summed E-state index contributed by atoms with van der Waals surface area (Å²) < 4.78 is 9.00. The lowest BCUT2D eigenvalue weighted by atomic mass is 9.97. The maximum Gasteiger partial charge on any atom is 0.277 e. The van der Waals surface area contributed by atoms with E-state index in [1.54, 1.807) is 0 Å². The first-order valence-corrected chi connectivity index (χ1v) is 15.0. The van der Waals surface area contributed by atoms with Crippen molar-refractivity contribution in [3.05, 3.63) is 93.2 Å². The Bertz CT molecular complexity index is 1440. The Morgan fingerprint density at radius 3 is 2.41 bits per heavy atom. The Labute approximate surface area is 240 Å². The van der Waals surface area contributed by atoms with Crippen LogP contribution in [-0.4, -0.2) is 33.1 Å². The highest BCUT2D eigenvalue weighted by Gasteiger charge is 2.23. The van der Waals surface area contributed by atoms with Gasteiger partial charge >= 0.3 is 0 Å². The molecule has 2 atom stereocenters. The van der Waals surface area contributed by atoms with Crippen molar-refractivity contribution >= 4 is 27.0 Å². The summed E-state index contributed by atoms with van der Waals surface area (Å²) in [5.74, 6) is 0.651. The fourth-order valence-corrected chi connectivity index (χ4v) is 6.16. The van der Waals surface area contributed by atoms with E-state index in [9.17, 15) is 4.79 Å². The molecular formula is C33H38BrN3O2. The van der Waals surface area contributed by atoms with Gasteiger partial charge in [-0.25, -0.2) is 4.98 Å². The van der Waals surface area contributed by atoms with Crippen molar-refractivity contribution in [1.82, 2.24) is 14.5 Å². The van der Waals surface area contributed by atoms with Crippen molar-refractivity contribution in [3.63, 3.8) is 0 Å². The number of rotatable bonds is 10. The third kappa shape index (κ3) is 6.62. The molecule has 1 fully saturated rings. The highest BCUT2D eigenvalue weighted by molar-refractivity contribution is 9.10. The van der Waals surface area contributed by atoms with Crippen LogP contribution in [0.2, 0.25) is 0 Å². The molecule has 39 heavy (non-hydrogen) atoms. The van der Waals surface area contributed by atoms with E-state index in [-0.39, 0.29) is 5.56 Å². The van der Waals surface area contributed by atoms with Crippen molar-refractivity contribution in [1.29, 1.82) is 0 Å². The number of hydrogen-bond donors (Lipinski definition) is 0. The summed E-state index contributed by atoms with van der Waals surface area (Å²) in [7, 11) is 0. The molecule has 0 spiro atoms. The number of hydrogen-bond acceptors (Lipinski definition) is 4. The Morgan fingerprint density at radius 1 is 0.897 bits per heavy atom. The molecule has 0 bridgehead atoms. The Balaban J connectivity index is 1.37. The zero-order valence-electron chi connectivity index (χ0n) is 23.0. The molecule has 0 saturated carbocycles. The second kappa shape index (κ2) is 12.9.